The van der Waals surface area contributed by atoms with Crippen LogP contribution >= 0.6 is 0 Å². The Morgan fingerprint density at radius 3 is 2.95 bits per heavy atom. The van der Waals surface area contributed by atoms with Crippen LogP contribution < -0.4 is 5.32 Å². The second-order valence-electron chi connectivity index (χ2n) is 5.38. The Hall–Kier alpha value is -1.46. The second kappa shape index (κ2) is 8.10. The number of carbonyl (C=O) groups is 1. The first-order valence-electron chi connectivity index (χ1n) is 7.76. The maximum Gasteiger partial charge on any atom is 0.230 e. The number of aromatic nitrogens is 1. The van der Waals surface area contributed by atoms with Gasteiger partial charge < -0.3 is 15.0 Å². The highest BCUT2D eigenvalue weighted by atomic mass is 16.5. The lowest BCUT2D eigenvalue weighted by atomic mass is 10.0. The third-order valence-corrected chi connectivity index (χ3v) is 3.83. The number of hydrogen-bond donors (Lipinski definition) is 1. The number of nitrogens with zero attached hydrogens (tertiary/aromatic N) is 2. The average Bonchev–Trinajstić information content (AvgIpc) is 2.99. The average molecular weight is 291 g/mol. The number of hydrogen-bond acceptors (Lipinski definition) is 4. The lowest BCUT2D eigenvalue weighted by molar-refractivity contribution is -0.136. The standard InChI is InChI=1S/C16H25N3O2/c1-3-8-18-15-12-21-11-14(15)16(20)19(4-2)10-13-7-5-6-9-17-13/h5-7,9,14-15,18H,3-4,8,10-12H2,1-2H3. The van der Waals surface area contributed by atoms with E-state index >= 15 is 0 Å². The number of carbonyl (C=O) groups excluding carboxylic acids is 1. The largest absolute Gasteiger partial charge is 0.379 e. The van der Waals surface area contributed by atoms with Crippen LogP contribution in [0.2, 0.25) is 0 Å². The zero-order valence-electron chi connectivity index (χ0n) is 12.9. The fraction of sp³-hybridized carbons (Fsp3) is 0.625. The first kappa shape index (κ1) is 15.9. The zero-order chi connectivity index (χ0) is 15.1. The van der Waals surface area contributed by atoms with Gasteiger partial charge in [0.1, 0.15) is 0 Å². The van der Waals surface area contributed by atoms with E-state index in [0.29, 0.717) is 26.3 Å². The molecule has 1 amide bonds. The summed E-state index contributed by atoms with van der Waals surface area (Å²) in [4.78, 5) is 18.9. The van der Waals surface area contributed by atoms with Crippen molar-refractivity contribution in [3.05, 3.63) is 30.1 Å². The molecule has 2 unspecified atom stereocenters. The SMILES string of the molecule is CCCNC1COCC1C(=O)N(CC)Cc1ccccn1. The van der Waals surface area contributed by atoms with E-state index in [4.69, 9.17) is 4.74 Å². The molecule has 5 nitrogen and oxygen atoms in total. The lowest BCUT2D eigenvalue weighted by Crippen LogP contribution is -2.45. The van der Waals surface area contributed by atoms with Gasteiger partial charge in [-0.1, -0.05) is 13.0 Å². The number of amides is 1. The van der Waals surface area contributed by atoms with Gasteiger partial charge >= 0.3 is 0 Å². The third kappa shape index (κ3) is 4.25. The van der Waals surface area contributed by atoms with Gasteiger partial charge in [0.25, 0.3) is 0 Å². The van der Waals surface area contributed by atoms with Crippen molar-refractivity contribution < 1.29 is 9.53 Å². The van der Waals surface area contributed by atoms with Gasteiger partial charge in [-0.25, -0.2) is 0 Å². The first-order valence-corrected chi connectivity index (χ1v) is 7.76. The number of rotatable bonds is 7. The van der Waals surface area contributed by atoms with E-state index < -0.39 is 0 Å². The van der Waals surface area contributed by atoms with Gasteiger partial charge in [0, 0.05) is 18.8 Å². The number of ether oxygens (including phenoxy) is 1. The number of nitrogens with one attached hydrogen (secondary N) is 1. The van der Waals surface area contributed by atoms with Crippen molar-refractivity contribution >= 4 is 5.91 Å². The minimum atomic E-state index is -0.0831. The molecule has 1 aliphatic heterocycles. The van der Waals surface area contributed by atoms with Crippen LogP contribution in [0.1, 0.15) is 26.0 Å². The van der Waals surface area contributed by atoms with E-state index in [0.717, 1.165) is 18.7 Å². The van der Waals surface area contributed by atoms with Gasteiger partial charge in [-0.15, -0.1) is 0 Å². The highest BCUT2D eigenvalue weighted by Crippen LogP contribution is 2.18. The van der Waals surface area contributed by atoms with Gasteiger partial charge in [-0.3, -0.25) is 9.78 Å². The molecule has 116 valence electrons. The Morgan fingerprint density at radius 2 is 2.29 bits per heavy atom. The Morgan fingerprint density at radius 1 is 1.43 bits per heavy atom. The first-order chi connectivity index (χ1) is 10.3. The highest BCUT2D eigenvalue weighted by molar-refractivity contribution is 5.80. The van der Waals surface area contributed by atoms with Crippen LogP contribution in [0.5, 0.6) is 0 Å². The molecule has 1 aromatic heterocycles. The van der Waals surface area contributed by atoms with Gasteiger partial charge in [0.05, 0.1) is 31.4 Å². The molecule has 21 heavy (non-hydrogen) atoms. The topological polar surface area (TPSA) is 54.5 Å². The van der Waals surface area contributed by atoms with Gasteiger partial charge in [0.2, 0.25) is 5.91 Å². The van der Waals surface area contributed by atoms with Gasteiger partial charge in [-0.05, 0) is 32.0 Å². The summed E-state index contributed by atoms with van der Waals surface area (Å²) in [5.74, 6) is 0.0782. The molecule has 1 saturated heterocycles. The molecule has 1 aromatic rings. The van der Waals surface area contributed by atoms with Crippen LogP contribution in [0.15, 0.2) is 24.4 Å². The molecule has 2 heterocycles. The molecule has 1 fully saturated rings. The van der Waals surface area contributed by atoms with Crippen LogP contribution in [0.4, 0.5) is 0 Å². The molecule has 1 aliphatic rings. The molecule has 0 spiro atoms. The summed E-state index contributed by atoms with van der Waals surface area (Å²) in [6.07, 6.45) is 2.82. The molecule has 2 rings (SSSR count). The smallest absolute Gasteiger partial charge is 0.230 e. The summed E-state index contributed by atoms with van der Waals surface area (Å²) >= 11 is 0. The van der Waals surface area contributed by atoms with Crippen molar-refractivity contribution in [1.29, 1.82) is 0 Å². The van der Waals surface area contributed by atoms with E-state index in [1.165, 1.54) is 0 Å². The predicted octanol–water partition coefficient (Wildman–Crippen LogP) is 1.44. The van der Waals surface area contributed by atoms with Crippen LogP contribution in [-0.2, 0) is 16.1 Å². The summed E-state index contributed by atoms with van der Waals surface area (Å²) in [7, 11) is 0. The molecule has 5 heteroatoms. The van der Waals surface area contributed by atoms with E-state index in [1.54, 1.807) is 6.20 Å². The molecule has 0 aromatic carbocycles. The molecule has 0 radical (unpaired) electrons. The summed E-state index contributed by atoms with van der Waals surface area (Å²) in [6, 6.07) is 5.92. The quantitative estimate of drug-likeness (QED) is 0.826. The van der Waals surface area contributed by atoms with Crippen molar-refractivity contribution in [3.8, 4) is 0 Å². The van der Waals surface area contributed by atoms with Crippen molar-refractivity contribution in [3.63, 3.8) is 0 Å². The van der Waals surface area contributed by atoms with E-state index in [1.807, 2.05) is 30.0 Å². The van der Waals surface area contributed by atoms with E-state index in [9.17, 15) is 4.79 Å². The summed E-state index contributed by atoms with van der Waals surface area (Å²) in [5.41, 5.74) is 0.921. The fourth-order valence-corrected chi connectivity index (χ4v) is 2.60. The van der Waals surface area contributed by atoms with Crippen molar-refractivity contribution in [2.75, 3.05) is 26.3 Å². The fourth-order valence-electron chi connectivity index (χ4n) is 2.60. The van der Waals surface area contributed by atoms with E-state index in [-0.39, 0.29) is 17.9 Å². The maximum absolute atomic E-state index is 12.7. The van der Waals surface area contributed by atoms with Crippen molar-refractivity contribution in [1.82, 2.24) is 15.2 Å². The molecule has 0 bridgehead atoms. The minimum Gasteiger partial charge on any atom is -0.379 e. The predicted molar refractivity (Wildman–Crippen MR) is 81.7 cm³/mol. The van der Waals surface area contributed by atoms with Gasteiger partial charge in [0.15, 0.2) is 0 Å². The Labute approximate surface area is 126 Å². The molecule has 1 N–H and O–H groups in total. The minimum absolute atomic E-state index is 0.0831. The van der Waals surface area contributed by atoms with Crippen LogP contribution in [0.3, 0.4) is 0 Å². The molecule has 0 aliphatic carbocycles. The highest BCUT2D eigenvalue weighted by Gasteiger charge is 2.35. The summed E-state index contributed by atoms with van der Waals surface area (Å²) in [6.45, 7) is 7.43. The zero-order valence-corrected chi connectivity index (χ0v) is 12.9. The Balaban J connectivity index is 1.98. The van der Waals surface area contributed by atoms with Gasteiger partial charge in [-0.2, -0.15) is 0 Å². The Bertz CT molecular complexity index is 438. The Kier molecular flexibility index (Phi) is 6.14. The third-order valence-electron chi connectivity index (χ3n) is 3.83. The van der Waals surface area contributed by atoms with E-state index in [2.05, 4.69) is 17.2 Å². The summed E-state index contributed by atoms with van der Waals surface area (Å²) in [5, 5.41) is 3.42. The molecule has 0 saturated carbocycles. The van der Waals surface area contributed by atoms with Crippen molar-refractivity contribution in [2.45, 2.75) is 32.9 Å². The van der Waals surface area contributed by atoms with Crippen LogP contribution in [0, 0.1) is 5.92 Å². The monoisotopic (exact) mass is 291 g/mol. The normalized spacial score (nSPS) is 21.4. The maximum atomic E-state index is 12.7. The second-order valence-corrected chi connectivity index (χ2v) is 5.38. The summed E-state index contributed by atoms with van der Waals surface area (Å²) < 4.78 is 5.51. The molecular weight excluding hydrogens is 266 g/mol. The van der Waals surface area contributed by atoms with Crippen LogP contribution in [0.25, 0.3) is 0 Å². The molecule has 2 atom stereocenters. The molecular formula is C16H25N3O2. The lowest BCUT2D eigenvalue weighted by Gasteiger charge is -2.26. The van der Waals surface area contributed by atoms with Crippen LogP contribution in [-0.4, -0.2) is 48.1 Å². The number of pyridine rings is 1. The van der Waals surface area contributed by atoms with Crippen molar-refractivity contribution in [2.24, 2.45) is 5.92 Å².